The van der Waals surface area contributed by atoms with Crippen LogP contribution >= 0.6 is 15.9 Å². The highest BCUT2D eigenvalue weighted by Crippen LogP contribution is 2.26. The molecule has 3 aromatic rings. The number of hydrogen-bond donors (Lipinski definition) is 1. The lowest BCUT2D eigenvalue weighted by atomic mass is 10.1. The summed E-state index contributed by atoms with van der Waals surface area (Å²) in [5.74, 6) is -1.31. The van der Waals surface area contributed by atoms with E-state index >= 15 is 0 Å². The van der Waals surface area contributed by atoms with Gasteiger partial charge in [-0.2, -0.15) is 0 Å². The maximum Gasteiger partial charge on any atom is 0.264 e. The van der Waals surface area contributed by atoms with E-state index in [1.165, 1.54) is 29.2 Å². The van der Waals surface area contributed by atoms with Gasteiger partial charge in [0.05, 0.1) is 10.6 Å². The average Bonchev–Trinajstić information content (AvgIpc) is 2.93. The van der Waals surface area contributed by atoms with Crippen molar-refractivity contribution in [2.45, 2.75) is 64.1 Å². The molecule has 2 amide bonds. The number of nitrogens with zero attached hydrogens (tertiary/aromatic N) is 2. The van der Waals surface area contributed by atoms with Crippen LogP contribution in [-0.2, 0) is 26.2 Å². The maximum absolute atomic E-state index is 14.0. The van der Waals surface area contributed by atoms with E-state index in [2.05, 4.69) is 21.2 Å². The van der Waals surface area contributed by atoms with Crippen molar-refractivity contribution in [2.24, 2.45) is 0 Å². The zero-order valence-electron chi connectivity index (χ0n) is 23.1. The summed E-state index contributed by atoms with van der Waals surface area (Å²) in [6.45, 7) is 6.94. The summed E-state index contributed by atoms with van der Waals surface area (Å²) < 4.78 is 43.1. The van der Waals surface area contributed by atoms with Crippen LogP contribution in [0.5, 0.6) is 0 Å². The second-order valence-electron chi connectivity index (χ2n) is 9.69. The molecular formula is C30H35BrFN3O4S. The first-order valence-electron chi connectivity index (χ1n) is 13.2. The van der Waals surface area contributed by atoms with E-state index in [4.69, 9.17) is 0 Å². The molecule has 0 saturated heterocycles. The van der Waals surface area contributed by atoms with Crippen molar-refractivity contribution in [3.8, 4) is 0 Å². The molecule has 0 bridgehead atoms. The highest BCUT2D eigenvalue weighted by Gasteiger charge is 2.34. The molecule has 2 atom stereocenters. The first kappa shape index (κ1) is 31.3. The first-order valence-corrected chi connectivity index (χ1v) is 15.4. The van der Waals surface area contributed by atoms with Crippen LogP contribution in [0.25, 0.3) is 0 Å². The number of hydrogen-bond acceptors (Lipinski definition) is 4. The fraction of sp³-hybridized carbons (Fsp3) is 0.333. The Balaban J connectivity index is 2.04. The molecule has 0 fully saturated rings. The van der Waals surface area contributed by atoms with Gasteiger partial charge in [-0.1, -0.05) is 59.6 Å². The van der Waals surface area contributed by atoms with Crippen LogP contribution in [0.15, 0.2) is 82.2 Å². The van der Waals surface area contributed by atoms with Gasteiger partial charge in [-0.3, -0.25) is 13.9 Å². The second-order valence-corrected chi connectivity index (χ2v) is 12.5. The molecule has 3 aromatic carbocycles. The lowest BCUT2D eigenvalue weighted by molar-refractivity contribution is -0.140. The topological polar surface area (TPSA) is 86.8 Å². The molecule has 1 N–H and O–H groups in total. The molecule has 0 unspecified atom stereocenters. The van der Waals surface area contributed by atoms with Crippen molar-refractivity contribution in [2.75, 3.05) is 10.8 Å². The summed E-state index contributed by atoms with van der Waals surface area (Å²) in [6, 6.07) is 17.7. The molecule has 10 heteroatoms. The van der Waals surface area contributed by atoms with Crippen molar-refractivity contribution in [1.29, 1.82) is 0 Å². The standard InChI is InChI=1S/C30H35BrFN3O4S/c1-5-22(4)33-30(37)28(6-2)34(19-23-9-13-25(32)14-10-23)29(36)20-35(26-15-11-24(31)12-16-26)40(38,39)27-17-7-21(3)8-18-27/h7-18,22,28H,5-6,19-20H2,1-4H3,(H,33,37)/t22-,28+/m0/s1. The van der Waals surface area contributed by atoms with Gasteiger partial charge in [0.1, 0.15) is 18.4 Å². The van der Waals surface area contributed by atoms with Crippen LogP contribution in [-0.4, -0.2) is 43.8 Å². The van der Waals surface area contributed by atoms with Gasteiger partial charge >= 0.3 is 0 Å². The molecule has 40 heavy (non-hydrogen) atoms. The first-order chi connectivity index (χ1) is 19.0. The third-order valence-corrected chi connectivity index (χ3v) is 8.97. The van der Waals surface area contributed by atoms with Gasteiger partial charge < -0.3 is 10.2 Å². The molecule has 0 radical (unpaired) electrons. The molecule has 0 aliphatic carbocycles. The van der Waals surface area contributed by atoms with E-state index in [1.54, 1.807) is 55.5 Å². The van der Waals surface area contributed by atoms with Crippen LogP contribution < -0.4 is 9.62 Å². The van der Waals surface area contributed by atoms with E-state index < -0.39 is 34.3 Å². The number of amides is 2. The predicted octanol–water partition coefficient (Wildman–Crippen LogP) is 5.81. The van der Waals surface area contributed by atoms with Crippen LogP contribution in [0.3, 0.4) is 0 Å². The molecule has 214 valence electrons. The number of carbonyl (C=O) groups is 2. The lowest BCUT2D eigenvalue weighted by Gasteiger charge is -2.33. The normalized spacial score (nSPS) is 12.8. The van der Waals surface area contributed by atoms with Crippen LogP contribution in [0.1, 0.15) is 44.7 Å². The van der Waals surface area contributed by atoms with Gasteiger partial charge in [-0.15, -0.1) is 0 Å². The molecule has 0 spiro atoms. The fourth-order valence-corrected chi connectivity index (χ4v) is 5.80. The molecular weight excluding hydrogens is 597 g/mol. The van der Waals surface area contributed by atoms with E-state index in [9.17, 15) is 22.4 Å². The van der Waals surface area contributed by atoms with E-state index in [0.29, 0.717) is 24.1 Å². The van der Waals surface area contributed by atoms with Gasteiger partial charge in [0, 0.05) is 17.1 Å². The highest BCUT2D eigenvalue weighted by atomic mass is 79.9. The van der Waals surface area contributed by atoms with Crippen molar-refractivity contribution >= 4 is 43.5 Å². The Kier molecular flexibility index (Phi) is 10.9. The van der Waals surface area contributed by atoms with Crippen molar-refractivity contribution in [3.63, 3.8) is 0 Å². The zero-order valence-corrected chi connectivity index (χ0v) is 25.5. The SMILES string of the molecule is CC[C@H](C(=O)N[C@@H](C)CC)N(Cc1ccc(F)cc1)C(=O)CN(c1ccc(Br)cc1)S(=O)(=O)c1ccc(C)cc1. The number of carbonyl (C=O) groups excluding carboxylic acids is 2. The number of rotatable bonds is 12. The molecule has 7 nitrogen and oxygen atoms in total. The monoisotopic (exact) mass is 631 g/mol. The largest absolute Gasteiger partial charge is 0.352 e. The molecule has 0 heterocycles. The Morgan fingerprint density at radius 2 is 1.52 bits per heavy atom. The zero-order chi connectivity index (χ0) is 29.4. The highest BCUT2D eigenvalue weighted by molar-refractivity contribution is 9.10. The number of anilines is 1. The molecule has 0 saturated carbocycles. The third kappa shape index (κ3) is 7.91. The lowest BCUT2D eigenvalue weighted by Crippen LogP contribution is -2.53. The van der Waals surface area contributed by atoms with Crippen LogP contribution in [0.2, 0.25) is 0 Å². The van der Waals surface area contributed by atoms with Gasteiger partial charge in [0.25, 0.3) is 10.0 Å². The maximum atomic E-state index is 14.0. The van der Waals surface area contributed by atoms with E-state index in [1.807, 2.05) is 20.8 Å². The van der Waals surface area contributed by atoms with Gasteiger partial charge in [0.15, 0.2) is 0 Å². The molecule has 0 aliphatic heterocycles. The number of aryl methyl sites for hydroxylation is 1. The summed E-state index contributed by atoms with van der Waals surface area (Å²) in [5, 5.41) is 2.93. The Bertz CT molecular complexity index is 1400. The van der Waals surface area contributed by atoms with E-state index in [-0.39, 0.29) is 23.4 Å². The van der Waals surface area contributed by atoms with Crippen LogP contribution in [0.4, 0.5) is 10.1 Å². The molecule has 0 aromatic heterocycles. The Morgan fingerprint density at radius 3 is 2.08 bits per heavy atom. The molecule has 0 aliphatic rings. The third-order valence-electron chi connectivity index (χ3n) is 6.66. The van der Waals surface area contributed by atoms with Crippen molar-refractivity contribution in [1.82, 2.24) is 10.2 Å². The number of benzene rings is 3. The van der Waals surface area contributed by atoms with E-state index in [0.717, 1.165) is 14.3 Å². The number of nitrogens with one attached hydrogen (secondary N) is 1. The Hall–Kier alpha value is -3.24. The van der Waals surface area contributed by atoms with Gasteiger partial charge in [0.2, 0.25) is 11.8 Å². The number of halogens is 2. The van der Waals surface area contributed by atoms with Crippen LogP contribution in [0, 0.1) is 12.7 Å². The second kappa shape index (κ2) is 13.9. The summed E-state index contributed by atoms with van der Waals surface area (Å²) in [4.78, 5) is 28.7. The Morgan fingerprint density at radius 1 is 0.925 bits per heavy atom. The van der Waals surface area contributed by atoms with Crippen molar-refractivity contribution < 1.29 is 22.4 Å². The summed E-state index contributed by atoms with van der Waals surface area (Å²) >= 11 is 3.37. The summed E-state index contributed by atoms with van der Waals surface area (Å²) in [6.07, 6.45) is 1.01. The fourth-order valence-electron chi connectivity index (χ4n) is 4.12. The van der Waals surface area contributed by atoms with Crippen molar-refractivity contribution in [3.05, 3.63) is 94.2 Å². The minimum Gasteiger partial charge on any atom is -0.352 e. The minimum atomic E-state index is -4.15. The average molecular weight is 633 g/mol. The summed E-state index contributed by atoms with van der Waals surface area (Å²) in [5.41, 5.74) is 1.81. The quantitative estimate of drug-likeness (QED) is 0.273. The smallest absolute Gasteiger partial charge is 0.264 e. The minimum absolute atomic E-state index is 0.00427. The number of sulfonamides is 1. The van der Waals surface area contributed by atoms with Gasteiger partial charge in [-0.05, 0) is 80.8 Å². The molecule has 3 rings (SSSR count). The predicted molar refractivity (Wildman–Crippen MR) is 159 cm³/mol. The van der Waals surface area contributed by atoms with Gasteiger partial charge in [-0.25, -0.2) is 12.8 Å². The summed E-state index contributed by atoms with van der Waals surface area (Å²) in [7, 11) is -4.15. The Labute approximate surface area is 244 Å².